The van der Waals surface area contributed by atoms with Gasteiger partial charge in [0.05, 0.1) is 6.10 Å². The van der Waals surface area contributed by atoms with Gasteiger partial charge in [0.2, 0.25) is 0 Å². The van der Waals surface area contributed by atoms with E-state index < -0.39 is 0 Å². The van der Waals surface area contributed by atoms with Crippen molar-refractivity contribution in [2.75, 3.05) is 0 Å². The van der Waals surface area contributed by atoms with Gasteiger partial charge in [0, 0.05) is 5.41 Å². The topological polar surface area (TPSA) is 20.2 Å². The minimum Gasteiger partial charge on any atom is -0.393 e. The van der Waals surface area contributed by atoms with Gasteiger partial charge >= 0.3 is 0 Å². The first kappa shape index (κ1) is 10.3. The number of aliphatic hydroxyl groups excluding tert-OH is 1. The normalized spacial score (nSPS) is 39.5. The molecule has 1 N–H and O–H groups in total. The SMILES string of the molecule is Cc1ccc([C@]23C[C@H]2[C@H](O)CC3(C)C)cc1. The van der Waals surface area contributed by atoms with Gasteiger partial charge in [-0.3, -0.25) is 0 Å². The van der Waals surface area contributed by atoms with Crippen molar-refractivity contribution >= 4 is 0 Å². The van der Waals surface area contributed by atoms with Gasteiger partial charge in [0.1, 0.15) is 0 Å². The van der Waals surface area contributed by atoms with Gasteiger partial charge in [0.15, 0.2) is 0 Å². The minimum atomic E-state index is -0.0868. The Kier molecular flexibility index (Phi) is 1.87. The summed E-state index contributed by atoms with van der Waals surface area (Å²) in [4.78, 5) is 0. The summed E-state index contributed by atoms with van der Waals surface area (Å²) in [6, 6.07) is 8.91. The molecule has 0 spiro atoms. The van der Waals surface area contributed by atoms with E-state index in [0.29, 0.717) is 5.92 Å². The molecule has 0 bridgehead atoms. The fraction of sp³-hybridized carbons (Fsp3) is 0.600. The molecule has 1 nitrogen and oxygen atoms in total. The summed E-state index contributed by atoms with van der Waals surface area (Å²) in [5.41, 5.74) is 3.25. The molecule has 1 aromatic rings. The molecule has 0 aliphatic heterocycles. The monoisotopic (exact) mass is 216 g/mol. The number of benzene rings is 1. The van der Waals surface area contributed by atoms with Crippen LogP contribution in [0.3, 0.4) is 0 Å². The molecule has 2 fully saturated rings. The van der Waals surface area contributed by atoms with Gasteiger partial charge in [-0.15, -0.1) is 0 Å². The van der Waals surface area contributed by atoms with Crippen molar-refractivity contribution in [3.05, 3.63) is 35.4 Å². The quantitative estimate of drug-likeness (QED) is 0.765. The first-order valence-corrected chi connectivity index (χ1v) is 6.23. The third kappa shape index (κ3) is 1.10. The Labute approximate surface area is 97.5 Å². The molecule has 0 heterocycles. The molecule has 1 heteroatoms. The van der Waals surface area contributed by atoms with Gasteiger partial charge in [-0.1, -0.05) is 43.7 Å². The Morgan fingerprint density at radius 3 is 2.19 bits per heavy atom. The van der Waals surface area contributed by atoms with Gasteiger partial charge in [-0.05, 0) is 36.7 Å². The molecule has 0 saturated heterocycles. The molecule has 86 valence electrons. The molecule has 16 heavy (non-hydrogen) atoms. The van der Waals surface area contributed by atoms with Crippen LogP contribution in [-0.4, -0.2) is 11.2 Å². The Morgan fingerprint density at radius 1 is 1.12 bits per heavy atom. The second-order valence-corrected chi connectivity index (χ2v) is 6.30. The van der Waals surface area contributed by atoms with Gasteiger partial charge < -0.3 is 5.11 Å². The van der Waals surface area contributed by atoms with E-state index in [1.54, 1.807) is 0 Å². The molecule has 2 aliphatic carbocycles. The molecular formula is C15H20O. The smallest absolute Gasteiger partial charge is 0.0582 e. The third-order valence-electron chi connectivity index (χ3n) is 4.97. The lowest BCUT2D eigenvalue weighted by molar-refractivity contribution is 0.135. The highest BCUT2D eigenvalue weighted by Gasteiger charge is 2.70. The molecule has 2 saturated carbocycles. The lowest BCUT2D eigenvalue weighted by atomic mass is 9.72. The molecule has 3 rings (SSSR count). The Bertz CT molecular complexity index is 418. The van der Waals surface area contributed by atoms with Crippen LogP contribution < -0.4 is 0 Å². The van der Waals surface area contributed by atoms with Crippen LogP contribution >= 0.6 is 0 Å². The zero-order chi connectivity index (χ0) is 11.6. The first-order valence-electron chi connectivity index (χ1n) is 6.23. The van der Waals surface area contributed by atoms with E-state index >= 15 is 0 Å². The molecule has 0 unspecified atom stereocenters. The molecule has 0 amide bonds. The van der Waals surface area contributed by atoms with E-state index in [1.165, 1.54) is 17.5 Å². The maximum Gasteiger partial charge on any atom is 0.0582 e. The predicted molar refractivity (Wildman–Crippen MR) is 65.4 cm³/mol. The van der Waals surface area contributed by atoms with E-state index in [1.807, 2.05) is 0 Å². The minimum absolute atomic E-state index is 0.0868. The summed E-state index contributed by atoms with van der Waals surface area (Å²) in [6.45, 7) is 6.74. The zero-order valence-corrected chi connectivity index (χ0v) is 10.3. The molecule has 0 aromatic heterocycles. The lowest BCUT2D eigenvalue weighted by Crippen LogP contribution is -2.26. The van der Waals surface area contributed by atoms with Crippen molar-refractivity contribution in [2.45, 2.75) is 45.1 Å². The van der Waals surface area contributed by atoms with Crippen LogP contribution in [0.5, 0.6) is 0 Å². The average Bonchev–Trinajstić information content (AvgIpc) is 2.90. The second kappa shape index (κ2) is 2.89. The van der Waals surface area contributed by atoms with Gasteiger partial charge in [-0.2, -0.15) is 0 Å². The summed E-state index contributed by atoms with van der Waals surface area (Å²) >= 11 is 0. The van der Waals surface area contributed by atoms with Crippen molar-refractivity contribution in [3.63, 3.8) is 0 Å². The van der Waals surface area contributed by atoms with E-state index in [4.69, 9.17) is 0 Å². The number of hydrogen-bond acceptors (Lipinski definition) is 1. The van der Waals surface area contributed by atoms with Crippen molar-refractivity contribution in [3.8, 4) is 0 Å². The molecule has 1 aromatic carbocycles. The largest absolute Gasteiger partial charge is 0.393 e. The van der Waals surface area contributed by atoms with Crippen LogP contribution in [0.25, 0.3) is 0 Å². The summed E-state index contributed by atoms with van der Waals surface area (Å²) in [5, 5.41) is 10.1. The molecule has 0 radical (unpaired) electrons. The molecule has 3 atom stereocenters. The number of aryl methyl sites for hydroxylation is 1. The van der Waals surface area contributed by atoms with Crippen molar-refractivity contribution in [2.24, 2.45) is 11.3 Å². The fourth-order valence-electron chi connectivity index (χ4n) is 3.95. The highest BCUT2D eigenvalue weighted by molar-refractivity contribution is 5.41. The summed E-state index contributed by atoms with van der Waals surface area (Å²) in [5.74, 6) is 0.505. The number of hydrogen-bond donors (Lipinski definition) is 1. The van der Waals surface area contributed by atoms with E-state index in [0.717, 1.165) is 6.42 Å². The van der Waals surface area contributed by atoms with Crippen molar-refractivity contribution < 1.29 is 5.11 Å². The first-order chi connectivity index (χ1) is 7.47. The highest BCUT2D eigenvalue weighted by atomic mass is 16.3. The van der Waals surface area contributed by atoms with Crippen LogP contribution in [0.2, 0.25) is 0 Å². The average molecular weight is 216 g/mol. The lowest BCUT2D eigenvalue weighted by Gasteiger charge is -2.31. The van der Waals surface area contributed by atoms with Crippen molar-refractivity contribution in [1.82, 2.24) is 0 Å². The summed E-state index contributed by atoms with van der Waals surface area (Å²) in [6.07, 6.45) is 2.03. The molecule has 2 aliphatic rings. The highest BCUT2D eigenvalue weighted by Crippen LogP contribution is 2.72. The number of aliphatic hydroxyl groups is 1. The zero-order valence-electron chi connectivity index (χ0n) is 10.3. The van der Waals surface area contributed by atoms with Crippen LogP contribution in [0.1, 0.15) is 37.8 Å². The Morgan fingerprint density at radius 2 is 1.75 bits per heavy atom. The van der Waals surface area contributed by atoms with E-state index in [2.05, 4.69) is 45.0 Å². The fourth-order valence-corrected chi connectivity index (χ4v) is 3.95. The predicted octanol–water partition coefficient (Wildman–Crippen LogP) is 3.04. The molecular weight excluding hydrogens is 196 g/mol. The van der Waals surface area contributed by atoms with E-state index in [9.17, 15) is 5.11 Å². The Hall–Kier alpha value is -0.820. The standard InChI is InChI=1S/C15H20O/c1-10-4-6-11(7-5-10)15-8-12(15)13(16)9-14(15,2)3/h4-7,12-13,16H,8-9H2,1-3H3/t12-,13+,15+/m0/s1. The summed E-state index contributed by atoms with van der Waals surface area (Å²) < 4.78 is 0. The second-order valence-electron chi connectivity index (χ2n) is 6.30. The van der Waals surface area contributed by atoms with Crippen molar-refractivity contribution in [1.29, 1.82) is 0 Å². The van der Waals surface area contributed by atoms with E-state index in [-0.39, 0.29) is 16.9 Å². The maximum atomic E-state index is 10.1. The maximum absolute atomic E-state index is 10.1. The third-order valence-corrected chi connectivity index (χ3v) is 4.97. The van der Waals surface area contributed by atoms with Crippen LogP contribution in [-0.2, 0) is 5.41 Å². The number of rotatable bonds is 1. The van der Waals surface area contributed by atoms with Gasteiger partial charge in [-0.25, -0.2) is 0 Å². The number of fused-ring (bicyclic) bond motifs is 1. The Balaban J connectivity index is 2.05. The van der Waals surface area contributed by atoms with Crippen LogP contribution in [0, 0.1) is 18.3 Å². The summed E-state index contributed by atoms with van der Waals surface area (Å²) in [7, 11) is 0. The van der Waals surface area contributed by atoms with Crippen LogP contribution in [0.4, 0.5) is 0 Å². The van der Waals surface area contributed by atoms with Gasteiger partial charge in [0.25, 0.3) is 0 Å². The van der Waals surface area contributed by atoms with Crippen LogP contribution in [0.15, 0.2) is 24.3 Å².